The Morgan fingerprint density at radius 2 is 0.643 bits per heavy atom. The van der Waals surface area contributed by atoms with Gasteiger partial charge in [-0.1, -0.05) is 244 Å². The maximum Gasteiger partial charge on any atom is 0.472 e. The molecule has 0 spiro atoms. The van der Waals surface area contributed by atoms with Crippen LogP contribution in [0.4, 0.5) is 0 Å². The van der Waals surface area contributed by atoms with Gasteiger partial charge in [-0.3, -0.25) is 23.4 Å². The van der Waals surface area contributed by atoms with E-state index in [0.717, 1.165) is 141 Å². The van der Waals surface area contributed by atoms with Gasteiger partial charge in [0, 0.05) is 19.3 Å². The first-order chi connectivity index (χ1) is 41.2. The summed E-state index contributed by atoms with van der Waals surface area (Å²) < 4.78 is 39.6. The first-order valence-corrected chi connectivity index (χ1v) is 34.2. The van der Waals surface area contributed by atoms with Crippen LogP contribution in [0.25, 0.3) is 0 Å². The molecule has 0 heterocycles. The van der Waals surface area contributed by atoms with E-state index in [4.69, 9.17) is 23.3 Å². The zero-order chi connectivity index (χ0) is 61.2. The van der Waals surface area contributed by atoms with Crippen LogP contribution in [0, 0.1) is 0 Å². The Morgan fingerprint density at radius 1 is 0.345 bits per heavy atom. The average Bonchev–Trinajstić information content (AvgIpc) is 3.55. The molecule has 3 atom stereocenters. The topological polar surface area (TPSA) is 155 Å². The molecule has 12 heteroatoms. The lowest BCUT2D eigenvalue weighted by molar-refractivity contribution is -0.161. The van der Waals surface area contributed by atoms with Crippen molar-refractivity contribution in [2.45, 2.75) is 264 Å². The summed E-state index contributed by atoms with van der Waals surface area (Å²) in [6.07, 6.45) is 83.7. The third-order valence-corrected chi connectivity index (χ3v) is 14.2. The predicted molar refractivity (Wildman–Crippen MR) is 352 cm³/mol. The molecule has 0 aromatic carbocycles. The van der Waals surface area contributed by atoms with Crippen LogP contribution in [-0.4, -0.2) is 66.5 Å². The van der Waals surface area contributed by atoms with Crippen molar-refractivity contribution >= 4 is 25.7 Å². The first kappa shape index (κ1) is 79.4. The molecule has 0 bridgehead atoms. The highest BCUT2D eigenvalue weighted by molar-refractivity contribution is 7.47. The third kappa shape index (κ3) is 61.9. The number of carbonyl (C=O) groups excluding carboxylic acids is 3. The molecular weight excluding hydrogens is 1070 g/mol. The second kappa shape index (κ2) is 64.4. The average molecular weight is 1190 g/mol. The number of hydrogen-bond acceptors (Lipinski definition) is 10. The molecule has 0 radical (unpaired) electrons. The highest BCUT2D eigenvalue weighted by atomic mass is 31.2. The lowest BCUT2D eigenvalue weighted by atomic mass is 10.1. The quantitative estimate of drug-likeness (QED) is 0.0197. The van der Waals surface area contributed by atoms with Gasteiger partial charge in [-0.15, -0.1) is 0 Å². The monoisotopic (exact) mass is 1190 g/mol. The van der Waals surface area contributed by atoms with Crippen LogP contribution in [0.3, 0.4) is 0 Å². The summed E-state index contributed by atoms with van der Waals surface area (Å²) in [6, 6.07) is 0. The van der Waals surface area contributed by atoms with Gasteiger partial charge in [-0.25, -0.2) is 4.57 Å². The van der Waals surface area contributed by atoms with Gasteiger partial charge < -0.3 is 24.2 Å². The van der Waals surface area contributed by atoms with Gasteiger partial charge in [0.1, 0.15) is 12.7 Å². The normalized spacial score (nSPS) is 14.2. The number of rotatable bonds is 59. The minimum Gasteiger partial charge on any atom is -0.462 e. The van der Waals surface area contributed by atoms with Gasteiger partial charge in [0.05, 0.1) is 19.8 Å². The Labute approximate surface area is 512 Å². The molecule has 0 aliphatic rings. The van der Waals surface area contributed by atoms with E-state index in [0.29, 0.717) is 19.3 Å². The maximum atomic E-state index is 13.0. The Balaban J connectivity index is 4.85. The second-order valence-corrected chi connectivity index (χ2v) is 22.6. The van der Waals surface area contributed by atoms with Crippen molar-refractivity contribution in [2.24, 2.45) is 0 Å². The summed E-state index contributed by atoms with van der Waals surface area (Å²) in [7, 11) is -4.79. The number of ether oxygens (including phenoxy) is 3. The minimum atomic E-state index is -4.79. The van der Waals surface area contributed by atoms with Gasteiger partial charge in [-0.2, -0.15) is 0 Å². The fraction of sp³-hybridized carbons (Fsp3) is 0.625. The van der Waals surface area contributed by atoms with Crippen LogP contribution >= 0.6 is 7.82 Å². The number of carbonyl (C=O) groups is 3. The van der Waals surface area contributed by atoms with Crippen LogP contribution in [0.15, 0.2) is 146 Å². The van der Waals surface area contributed by atoms with E-state index in [1.54, 1.807) is 0 Å². The van der Waals surface area contributed by atoms with Gasteiger partial charge in [0.15, 0.2) is 6.10 Å². The molecule has 476 valence electrons. The van der Waals surface area contributed by atoms with E-state index in [1.165, 1.54) is 51.4 Å². The standard InChI is InChI=1S/C72H117O11P/c1-4-7-10-13-16-19-22-25-28-31-34-37-40-43-46-49-52-55-58-61-70(74)79-65-69(83-72(76)63-60-57-54-51-48-45-42-39-36-33-30-27-24-21-18-15-12-9-6-3)67-81-84(77,78)80-66-68(64-73)82-71(75)62-59-56-53-50-47-44-41-38-35-32-29-26-23-20-17-14-11-8-5-2/h7,10,16-21,25-30,34-39,43,46,52,55,68-69,73H,4-6,8-9,11-15,22-24,31-33,40-42,44-45,47-51,53-54,56-67H2,1-3H3,(H,77,78)/b10-7-,19-16-,20-17-,21-18-,28-25-,29-26-,30-27-,37-34-,38-35-,39-36-,46-43-,55-52-. The predicted octanol–water partition coefficient (Wildman–Crippen LogP) is 20.3. The van der Waals surface area contributed by atoms with Gasteiger partial charge in [-0.05, 0) is 135 Å². The van der Waals surface area contributed by atoms with E-state index in [1.807, 2.05) is 12.2 Å². The molecular formula is C72H117O11P. The summed E-state index contributed by atoms with van der Waals surface area (Å²) in [5.41, 5.74) is 0. The maximum absolute atomic E-state index is 13.0. The number of phosphoric acid groups is 1. The van der Waals surface area contributed by atoms with E-state index in [-0.39, 0.29) is 25.9 Å². The SMILES string of the molecule is CC/C=C\C/C=C\C/C=C\C/C=C\C/C=C\C/C=C\CCC(=O)OCC(COP(=O)(O)OCC(CO)OC(=O)CCCCCCCC/C=C\C/C=C\C/C=C\CCCCC)OC(=O)CCCCCCCC/C=C\C/C=C\C/C=C\CCCCC. The summed E-state index contributed by atoms with van der Waals surface area (Å²) in [5.74, 6) is -1.60. The van der Waals surface area contributed by atoms with Crippen molar-refractivity contribution in [2.75, 3.05) is 26.4 Å². The number of esters is 3. The van der Waals surface area contributed by atoms with Crippen molar-refractivity contribution < 1.29 is 52.2 Å². The van der Waals surface area contributed by atoms with E-state index in [9.17, 15) is 28.9 Å². The van der Waals surface area contributed by atoms with Gasteiger partial charge in [0.25, 0.3) is 0 Å². The number of aliphatic hydroxyl groups excluding tert-OH is 1. The van der Waals surface area contributed by atoms with Crippen molar-refractivity contribution in [3.63, 3.8) is 0 Å². The number of unbranched alkanes of at least 4 members (excludes halogenated alkanes) is 18. The molecule has 0 aliphatic carbocycles. The molecule has 11 nitrogen and oxygen atoms in total. The number of phosphoric ester groups is 1. The molecule has 2 N–H and O–H groups in total. The van der Waals surface area contributed by atoms with Crippen LogP contribution in [0.1, 0.15) is 252 Å². The summed E-state index contributed by atoms with van der Waals surface area (Å²) in [4.78, 5) is 48.8. The lowest BCUT2D eigenvalue weighted by Crippen LogP contribution is -2.30. The molecule has 0 aliphatic heterocycles. The number of aliphatic hydroxyl groups is 1. The summed E-state index contributed by atoms with van der Waals surface area (Å²) in [5, 5.41) is 9.87. The number of hydrogen-bond donors (Lipinski definition) is 2. The van der Waals surface area contributed by atoms with Crippen molar-refractivity contribution in [1.82, 2.24) is 0 Å². The van der Waals surface area contributed by atoms with Gasteiger partial charge in [0.2, 0.25) is 0 Å². The van der Waals surface area contributed by atoms with Crippen molar-refractivity contribution in [3.8, 4) is 0 Å². The zero-order valence-corrected chi connectivity index (χ0v) is 53.7. The molecule has 0 fully saturated rings. The second-order valence-electron chi connectivity index (χ2n) is 21.2. The van der Waals surface area contributed by atoms with E-state index in [2.05, 4.69) is 154 Å². The molecule has 0 amide bonds. The van der Waals surface area contributed by atoms with Crippen molar-refractivity contribution in [3.05, 3.63) is 146 Å². The Kier molecular flexibility index (Phi) is 60.8. The Bertz CT molecular complexity index is 1970. The summed E-state index contributed by atoms with van der Waals surface area (Å²) in [6.45, 7) is 4.37. The smallest absolute Gasteiger partial charge is 0.462 e. The van der Waals surface area contributed by atoms with Crippen molar-refractivity contribution in [1.29, 1.82) is 0 Å². The Morgan fingerprint density at radius 3 is 1.00 bits per heavy atom. The molecule has 0 saturated carbocycles. The molecule has 0 aromatic heterocycles. The van der Waals surface area contributed by atoms with Crippen LogP contribution in [-0.2, 0) is 42.2 Å². The van der Waals surface area contributed by atoms with E-state index >= 15 is 0 Å². The van der Waals surface area contributed by atoms with Crippen LogP contribution < -0.4 is 0 Å². The molecule has 0 aromatic rings. The van der Waals surface area contributed by atoms with Crippen LogP contribution in [0.5, 0.6) is 0 Å². The fourth-order valence-electron chi connectivity index (χ4n) is 8.28. The highest BCUT2D eigenvalue weighted by Crippen LogP contribution is 2.43. The first-order valence-electron chi connectivity index (χ1n) is 32.7. The lowest BCUT2D eigenvalue weighted by Gasteiger charge is -2.21. The largest absolute Gasteiger partial charge is 0.472 e. The van der Waals surface area contributed by atoms with E-state index < -0.39 is 57.8 Å². The molecule has 3 unspecified atom stereocenters. The highest BCUT2D eigenvalue weighted by Gasteiger charge is 2.28. The molecule has 0 saturated heterocycles. The minimum absolute atomic E-state index is 0.0896. The zero-order valence-electron chi connectivity index (χ0n) is 52.8. The molecule has 0 rings (SSSR count). The third-order valence-electron chi connectivity index (χ3n) is 13.2. The fourth-order valence-corrected chi connectivity index (χ4v) is 9.06. The Hall–Kier alpha value is -4.64. The number of allylic oxidation sites excluding steroid dienone is 24. The van der Waals surface area contributed by atoms with Crippen LogP contribution in [0.2, 0.25) is 0 Å². The summed E-state index contributed by atoms with van der Waals surface area (Å²) >= 11 is 0. The van der Waals surface area contributed by atoms with Gasteiger partial charge >= 0.3 is 25.7 Å². The molecule has 84 heavy (non-hydrogen) atoms.